The lowest BCUT2D eigenvalue weighted by Crippen LogP contribution is -2.02. The molecule has 2 aromatic heterocycles. The molecule has 0 amide bonds. The molecule has 0 aliphatic rings. The van der Waals surface area contributed by atoms with E-state index in [2.05, 4.69) is 15.3 Å². The first kappa shape index (κ1) is 17.7. The molecule has 27 heavy (non-hydrogen) atoms. The molecule has 4 aromatic rings. The molecule has 0 saturated heterocycles. The monoisotopic (exact) mass is 402 g/mol. The van der Waals surface area contributed by atoms with Gasteiger partial charge in [0, 0.05) is 10.9 Å². The third-order valence-electron chi connectivity index (χ3n) is 4.23. The Bertz CT molecular complexity index is 1180. The lowest BCUT2D eigenvalue weighted by molar-refractivity contribution is 0.480. The van der Waals surface area contributed by atoms with Crippen molar-refractivity contribution in [1.29, 1.82) is 0 Å². The summed E-state index contributed by atoms with van der Waals surface area (Å²) in [6.45, 7) is 2.04. The average Bonchev–Trinajstić information content (AvgIpc) is 3.10. The molecule has 4 rings (SSSR count). The van der Waals surface area contributed by atoms with Crippen molar-refractivity contribution in [2.45, 2.75) is 13.5 Å². The van der Waals surface area contributed by atoms with Crippen molar-refractivity contribution in [1.82, 2.24) is 20.0 Å². The standard InChI is InChI=1S/C19H13Cl2FN4O/c1-10-6-11(2-5-16(10)22)17-9-26(25-24-17)8-12-3-4-13-14(20)7-15(21)19(27)18(13)23-12/h2-7,9,27H,8H2,1H3. The Hall–Kier alpha value is -2.70. The first-order valence-corrected chi connectivity index (χ1v) is 8.81. The van der Waals surface area contributed by atoms with Crippen molar-refractivity contribution >= 4 is 34.1 Å². The summed E-state index contributed by atoms with van der Waals surface area (Å²) >= 11 is 12.1. The van der Waals surface area contributed by atoms with Crippen LogP contribution in [0.1, 0.15) is 11.3 Å². The van der Waals surface area contributed by atoms with Crippen molar-refractivity contribution in [2.24, 2.45) is 0 Å². The molecule has 0 unspecified atom stereocenters. The van der Waals surface area contributed by atoms with Crippen LogP contribution in [0.25, 0.3) is 22.2 Å². The molecule has 1 N–H and O–H groups in total. The number of pyridine rings is 1. The molecule has 0 aliphatic heterocycles. The van der Waals surface area contributed by atoms with Gasteiger partial charge >= 0.3 is 0 Å². The summed E-state index contributed by atoms with van der Waals surface area (Å²) in [5.41, 5.74) is 2.94. The fourth-order valence-corrected chi connectivity index (χ4v) is 3.33. The number of aromatic hydroxyl groups is 1. The summed E-state index contributed by atoms with van der Waals surface area (Å²) in [6, 6.07) is 9.84. The fraction of sp³-hybridized carbons (Fsp3) is 0.105. The van der Waals surface area contributed by atoms with Gasteiger partial charge in [-0.3, -0.25) is 0 Å². The number of benzene rings is 2. The summed E-state index contributed by atoms with van der Waals surface area (Å²) in [6.07, 6.45) is 1.75. The van der Waals surface area contributed by atoms with E-state index >= 15 is 0 Å². The lowest BCUT2D eigenvalue weighted by Gasteiger charge is -2.07. The van der Waals surface area contributed by atoms with Crippen LogP contribution in [0.4, 0.5) is 4.39 Å². The number of hydrogen-bond acceptors (Lipinski definition) is 4. The second-order valence-corrected chi connectivity index (χ2v) is 6.97. The SMILES string of the molecule is Cc1cc(-c2cn(Cc3ccc4c(Cl)cc(Cl)c(O)c4n3)nn2)ccc1F. The van der Waals surface area contributed by atoms with Gasteiger partial charge in [0.25, 0.3) is 0 Å². The molecule has 0 saturated carbocycles. The Morgan fingerprint density at radius 2 is 1.93 bits per heavy atom. The van der Waals surface area contributed by atoms with Crippen LogP contribution in [0.15, 0.2) is 42.6 Å². The highest BCUT2D eigenvalue weighted by molar-refractivity contribution is 6.39. The van der Waals surface area contributed by atoms with Crippen LogP contribution in [0.3, 0.4) is 0 Å². The average molecular weight is 403 g/mol. The van der Waals surface area contributed by atoms with E-state index in [9.17, 15) is 9.50 Å². The molecular formula is C19H13Cl2FN4O. The van der Waals surface area contributed by atoms with Crippen LogP contribution in [0.5, 0.6) is 5.75 Å². The highest BCUT2D eigenvalue weighted by Crippen LogP contribution is 2.36. The number of aryl methyl sites for hydroxylation is 1. The van der Waals surface area contributed by atoms with E-state index < -0.39 is 0 Å². The van der Waals surface area contributed by atoms with Gasteiger partial charge in [0.1, 0.15) is 17.0 Å². The summed E-state index contributed by atoms with van der Waals surface area (Å²) < 4.78 is 15.1. The molecule has 8 heteroatoms. The van der Waals surface area contributed by atoms with Crippen molar-refractivity contribution in [3.05, 3.63) is 69.7 Å². The van der Waals surface area contributed by atoms with E-state index in [-0.39, 0.29) is 16.6 Å². The Kier molecular flexibility index (Phi) is 4.45. The van der Waals surface area contributed by atoms with Crippen molar-refractivity contribution in [2.75, 3.05) is 0 Å². The van der Waals surface area contributed by atoms with E-state index in [1.165, 1.54) is 12.1 Å². The van der Waals surface area contributed by atoms with E-state index in [1.807, 2.05) is 0 Å². The molecule has 2 aromatic carbocycles. The van der Waals surface area contributed by atoms with Crippen molar-refractivity contribution in [3.63, 3.8) is 0 Å². The molecule has 2 heterocycles. The van der Waals surface area contributed by atoms with E-state index in [0.717, 1.165) is 5.56 Å². The Morgan fingerprint density at radius 3 is 2.70 bits per heavy atom. The van der Waals surface area contributed by atoms with E-state index in [1.54, 1.807) is 42.1 Å². The molecule has 0 atom stereocenters. The van der Waals surface area contributed by atoms with Gasteiger partial charge in [-0.2, -0.15) is 0 Å². The second-order valence-electron chi connectivity index (χ2n) is 6.15. The maximum atomic E-state index is 13.4. The highest BCUT2D eigenvalue weighted by atomic mass is 35.5. The maximum absolute atomic E-state index is 13.4. The van der Waals surface area contributed by atoms with Crippen LogP contribution in [0, 0.1) is 12.7 Å². The van der Waals surface area contributed by atoms with Gasteiger partial charge in [0.2, 0.25) is 0 Å². The van der Waals surface area contributed by atoms with Gasteiger partial charge in [-0.05, 0) is 48.9 Å². The number of nitrogens with zero attached hydrogens (tertiary/aromatic N) is 4. The smallest absolute Gasteiger partial charge is 0.160 e. The van der Waals surface area contributed by atoms with Gasteiger partial charge in [-0.15, -0.1) is 5.10 Å². The van der Waals surface area contributed by atoms with E-state index in [0.29, 0.717) is 39.4 Å². The van der Waals surface area contributed by atoms with Gasteiger partial charge in [0.15, 0.2) is 5.75 Å². The second kappa shape index (κ2) is 6.79. The minimum atomic E-state index is -0.261. The summed E-state index contributed by atoms with van der Waals surface area (Å²) in [4.78, 5) is 4.44. The molecule has 0 fully saturated rings. The lowest BCUT2D eigenvalue weighted by atomic mass is 10.1. The highest BCUT2D eigenvalue weighted by Gasteiger charge is 2.12. The van der Waals surface area contributed by atoms with Gasteiger partial charge in [0.05, 0.1) is 28.5 Å². The number of halogens is 3. The molecule has 0 spiro atoms. The fourth-order valence-electron chi connectivity index (χ4n) is 2.81. The molecule has 0 aliphatic carbocycles. The third kappa shape index (κ3) is 3.34. The number of rotatable bonds is 3. The van der Waals surface area contributed by atoms with E-state index in [4.69, 9.17) is 23.2 Å². The number of phenols is 1. The Morgan fingerprint density at radius 1 is 1.11 bits per heavy atom. The quantitative estimate of drug-likeness (QED) is 0.523. The zero-order valence-corrected chi connectivity index (χ0v) is 15.6. The zero-order chi connectivity index (χ0) is 19.1. The largest absolute Gasteiger partial charge is 0.504 e. The van der Waals surface area contributed by atoms with Crippen LogP contribution in [-0.4, -0.2) is 25.1 Å². The molecule has 0 radical (unpaired) electrons. The minimum absolute atomic E-state index is 0.112. The van der Waals surface area contributed by atoms with Gasteiger partial charge in [-0.1, -0.05) is 28.4 Å². The number of fused-ring (bicyclic) bond motifs is 1. The number of phenolic OH excluding ortho intramolecular Hbond substituents is 1. The normalized spacial score (nSPS) is 11.3. The van der Waals surface area contributed by atoms with Gasteiger partial charge < -0.3 is 5.11 Å². The van der Waals surface area contributed by atoms with Crippen molar-refractivity contribution in [3.8, 4) is 17.0 Å². The maximum Gasteiger partial charge on any atom is 0.160 e. The summed E-state index contributed by atoms with van der Waals surface area (Å²) in [5, 5.41) is 19.6. The summed E-state index contributed by atoms with van der Waals surface area (Å²) in [7, 11) is 0. The topological polar surface area (TPSA) is 63.8 Å². The minimum Gasteiger partial charge on any atom is -0.504 e. The van der Waals surface area contributed by atoms with Crippen LogP contribution in [0.2, 0.25) is 10.0 Å². The first-order valence-electron chi connectivity index (χ1n) is 8.05. The molecule has 0 bridgehead atoms. The molecule has 5 nitrogen and oxygen atoms in total. The third-order valence-corrected chi connectivity index (χ3v) is 4.83. The predicted octanol–water partition coefficient (Wildman–Crippen LogP) is 5.00. The zero-order valence-electron chi connectivity index (χ0n) is 14.1. The molecule has 136 valence electrons. The van der Waals surface area contributed by atoms with Crippen LogP contribution >= 0.6 is 23.2 Å². The van der Waals surface area contributed by atoms with Crippen LogP contribution in [-0.2, 0) is 6.54 Å². The van der Waals surface area contributed by atoms with Crippen molar-refractivity contribution < 1.29 is 9.50 Å². The summed E-state index contributed by atoms with van der Waals surface area (Å²) in [5.74, 6) is -0.373. The van der Waals surface area contributed by atoms with Gasteiger partial charge in [-0.25, -0.2) is 14.1 Å². The Labute approximate surface area is 164 Å². The predicted molar refractivity (Wildman–Crippen MR) is 103 cm³/mol. The first-order chi connectivity index (χ1) is 12.9. The number of aromatic nitrogens is 4. The number of hydrogen-bond donors (Lipinski definition) is 1. The Balaban J connectivity index is 1.66. The molecular weight excluding hydrogens is 390 g/mol. The van der Waals surface area contributed by atoms with Crippen LogP contribution < -0.4 is 0 Å².